The number of benzene rings is 2. The third-order valence-corrected chi connectivity index (χ3v) is 6.29. The first-order chi connectivity index (χ1) is 19.6. The topological polar surface area (TPSA) is 131 Å². The Balaban J connectivity index is 1.26. The van der Waals surface area contributed by atoms with Crippen molar-refractivity contribution >= 4 is 28.7 Å². The van der Waals surface area contributed by atoms with Crippen LogP contribution in [0.3, 0.4) is 0 Å². The van der Waals surface area contributed by atoms with Gasteiger partial charge in [0, 0.05) is 65.7 Å². The average Bonchev–Trinajstić information content (AvgIpc) is 3.70. The van der Waals surface area contributed by atoms with Crippen molar-refractivity contribution in [3.8, 4) is 33.9 Å². The quantitative estimate of drug-likeness (QED) is 0.244. The number of carbonyl (C=O) groups is 1. The molecule has 0 fully saturated rings. The molecule has 40 heavy (non-hydrogen) atoms. The highest BCUT2D eigenvalue weighted by molar-refractivity contribution is 6.04. The first kappa shape index (κ1) is 24.6. The Labute approximate surface area is 228 Å². The number of imidazole rings is 1. The van der Waals surface area contributed by atoms with Crippen LogP contribution in [0.4, 0.5) is 17.2 Å². The van der Waals surface area contributed by atoms with Crippen LogP contribution in [0.25, 0.3) is 28.0 Å². The second kappa shape index (κ2) is 10.6. The van der Waals surface area contributed by atoms with E-state index in [1.807, 2.05) is 65.5 Å². The zero-order valence-corrected chi connectivity index (χ0v) is 21.6. The minimum absolute atomic E-state index is 0.280. The van der Waals surface area contributed by atoms with E-state index < -0.39 is 0 Å². The number of hydrogen-bond acceptors (Lipinski definition) is 8. The van der Waals surface area contributed by atoms with Crippen molar-refractivity contribution in [1.29, 1.82) is 0 Å². The van der Waals surface area contributed by atoms with E-state index >= 15 is 0 Å². The lowest BCUT2D eigenvalue weighted by Gasteiger charge is -2.13. The largest absolute Gasteiger partial charge is 0.493 e. The smallest absolute Gasteiger partial charge is 0.257 e. The fourth-order valence-electron chi connectivity index (χ4n) is 4.27. The molecule has 11 nitrogen and oxygen atoms in total. The van der Waals surface area contributed by atoms with Gasteiger partial charge in [-0.2, -0.15) is 5.10 Å². The summed E-state index contributed by atoms with van der Waals surface area (Å²) in [5.74, 6) is 1.46. The van der Waals surface area contributed by atoms with E-state index in [2.05, 4.69) is 30.8 Å². The van der Waals surface area contributed by atoms with Gasteiger partial charge in [-0.15, -0.1) is 0 Å². The number of carbonyl (C=O) groups excluding carboxylic acids is 1. The second-order valence-corrected chi connectivity index (χ2v) is 8.81. The zero-order chi connectivity index (χ0) is 27.5. The van der Waals surface area contributed by atoms with Crippen LogP contribution in [0.2, 0.25) is 0 Å². The molecule has 4 heterocycles. The molecule has 0 saturated carbocycles. The lowest BCUT2D eigenvalue weighted by molar-refractivity contribution is 0.102. The summed E-state index contributed by atoms with van der Waals surface area (Å²) in [6.07, 6.45) is 12.1. The summed E-state index contributed by atoms with van der Waals surface area (Å²) in [4.78, 5) is 26.6. The van der Waals surface area contributed by atoms with Gasteiger partial charge < -0.3 is 24.5 Å². The van der Waals surface area contributed by atoms with Gasteiger partial charge in [-0.1, -0.05) is 12.1 Å². The number of nitrogens with zero attached hydrogens (tertiary/aromatic N) is 5. The summed E-state index contributed by atoms with van der Waals surface area (Å²) >= 11 is 0. The van der Waals surface area contributed by atoms with Crippen molar-refractivity contribution < 1.29 is 14.3 Å². The number of rotatable bonds is 8. The van der Waals surface area contributed by atoms with Gasteiger partial charge in [0.1, 0.15) is 0 Å². The van der Waals surface area contributed by atoms with E-state index in [9.17, 15) is 4.79 Å². The molecule has 0 saturated heterocycles. The van der Waals surface area contributed by atoms with Gasteiger partial charge >= 0.3 is 0 Å². The van der Waals surface area contributed by atoms with Crippen molar-refractivity contribution in [2.45, 2.75) is 0 Å². The molecule has 0 aliphatic heterocycles. The molecule has 6 rings (SSSR count). The molecule has 198 valence electrons. The number of methoxy groups -OCH3 is 2. The first-order valence-electron chi connectivity index (χ1n) is 12.3. The van der Waals surface area contributed by atoms with E-state index in [-0.39, 0.29) is 5.91 Å². The van der Waals surface area contributed by atoms with Crippen molar-refractivity contribution in [2.75, 3.05) is 24.9 Å². The van der Waals surface area contributed by atoms with Crippen LogP contribution in [-0.2, 0) is 0 Å². The van der Waals surface area contributed by atoms with Crippen molar-refractivity contribution in [3.05, 3.63) is 97.5 Å². The van der Waals surface area contributed by atoms with E-state index in [1.54, 1.807) is 38.9 Å². The molecule has 6 aromatic rings. The number of nitrogens with one attached hydrogen (secondary N) is 3. The molecule has 0 aliphatic rings. The Kier molecular flexibility index (Phi) is 6.51. The number of aromatic amines is 1. The number of H-pyrrole nitrogens is 1. The normalized spacial score (nSPS) is 10.8. The van der Waals surface area contributed by atoms with Gasteiger partial charge in [-0.25, -0.2) is 9.97 Å². The molecule has 3 N–H and O–H groups in total. The number of fused-ring (bicyclic) bond motifs is 1. The van der Waals surface area contributed by atoms with E-state index in [4.69, 9.17) is 14.5 Å². The molecule has 0 bridgehead atoms. The molecule has 0 spiro atoms. The molecule has 0 aliphatic carbocycles. The van der Waals surface area contributed by atoms with Crippen molar-refractivity contribution in [3.63, 3.8) is 0 Å². The summed E-state index contributed by atoms with van der Waals surface area (Å²) in [5.41, 5.74) is 5.71. The summed E-state index contributed by atoms with van der Waals surface area (Å²) in [6, 6.07) is 14.8. The molecular formula is C29H24N8O3. The third-order valence-electron chi connectivity index (χ3n) is 6.29. The minimum Gasteiger partial charge on any atom is -0.493 e. The average molecular weight is 533 g/mol. The Bertz CT molecular complexity index is 1800. The van der Waals surface area contributed by atoms with Crippen molar-refractivity contribution in [2.24, 2.45) is 0 Å². The summed E-state index contributed by atoms with van der Waals surface area (Å²) in [7, 11) is 3.17. The lowest BCUT2D eigenvalue weighted by atomic mass is 10.1. The molecule has 0 radical (unpaired) electrons. The Morgan fingerprint density at radius 1 is 0.900 bits per heavy atom. The number of anilines is 3. The highest BCUT2D eigenvalue weighted by Gasteiger charge is 2.14. The van der Waals surface area contributed by atoms with Gasteiger partial charge in [0.2, 0.25) is 0 Å². The molecular weight excluding hydrogens is 508 g/mol. The third kappa shape index (κ3) is 4.90. The van der Waals surface area contributed by atoms with Gasteiger partial charge in [0.25, 0.3) is 5.91 Å². The maximum absolute atomic E-state index is 13.1. The number of ether oxygens (including phenoxy) is 2. The molecule has 4 aromatic heterocycles. The number of aromatic nitrogens is 6. The van der Waals surface area contributed by atoms with Crippen molar-refractivity contribution in [1.82, 2.24) is 29.5 Å². The fourth-order valence-corrected chi connectivity index (χ4v) is 4.27. The van der Waals surface area contributed by atoms with Crippen LogP contribution < -0.4 is 20.1 Å². The molecule has 0 atom stereocenters. The SMILES string of the molecule is COc1ccc(Nc2nc(-c3cncc(C(=O)Nc4ccc(-c5cn[nH]c5)cc4)c3)cn3ccnc23)cc1OC. The van der Waals surface area contributed by atoms with Gasteiger partial charge in [0.05, 0.1) is 31.7 Å². The second-order valence-electron chi connectivity index (χ2n) is 8.81. The Hall–Kier alpha value is -5.71. The van der Waals surface area contributed by atoms with E-state index in [0.29, 0.717) is 45.5 Å². The molecule has 0 unspecified atom stereocenters. The summed E-state index contributed by atoms with van der Waals surface area (Å²) in [5, 5.41) is 13.0. The Morgan fingerprint density at radius 3 is 2.50 bits per heavy atom. The lowest BCUT2D eigenvalue weighted by Crippen LogP contribution is -2.12. The van der Waals surface area contributed by atoms with Crippen LogP contribution in [0.5, 0.6) is 11.5 Å². The maximum atomic E-state index is 13.1. The number of hydrogen-bond donors (Lipinski definition) is 3. The highest BCUT2D eigenvalue weighted by atomic mass is 16.5. The standard InChI is InChI=1S/C29H24N8O3/c1-39-25-8-7-23(12-26(25)40-2)34-27-28-31-9-10-37(28)17-24(36-27)19-11-20(14-30-13-19)29(38)35-22-5-3-18(4-6-22)21-15-32-33-16-21/h3-17H,1-2H3,(H,32,33)(H,34,36)(H,35,38). The number of amides is 1. The Morgan fingerprint density at radius 2 is 1.73 bits per heavy atom. The summed E-state index contributed by atoms with van der Waals surface area (Å²) < 4.78 is 12.6. The maximum Gasteiger partial charge on any atom is 0.257 e. The summed E-state index contributed by atoms with van der Waals surface area (Å²) in [6.45, 7) is 0. The predicted octanol–water partition coefficient (Wildman–Crippen LogP) is 5.19. The zero-order valence-electron chi connectivity index (χ0n) is 21.6. The molecule has 2 aromatic carbocycles. The van der Waals surface area contributed by atoms with Crippen LogP contribution >= 0.6 is 0 Å². The van der Waals surface area contributed by atoms with E-state index in [0.717, 1.165) is 16.8 Å². The van der Waals surface area contributed by atoms with Crippen LogP contribution in [0, 0.1) is 0 Å². The predicted molar refractivity (Wildman–Crippen MR) is 151 cm³/mol. The van der Waals surface area contributed by atoms with Gasteiger partial charge in [-0.3, -0.25) is 14.9 Å². The van der Waals surface area contributed by atoms with Gasteiger partial charge in [0.15, 0.2) is 23.0 Å². The van der Waals surface area contributed by atoms with Crippen LogP contribution in [-0.4, -0.2) is 49.7 Å². The molecule has 11 heteroatoms. The van der Waals surface area contributed by atoms with Gasteiger partial charge in [-0.05, 0) is 35.9 Å². The van der Waals surface area contributed by atoms with E-state index in [1.165, 1.54) is 6.20 Å². The van der Waals surface area contributed by atoms with Crippen LogP contribution in [0.15, 0.2) is 91.9 Å². The highest BCUT2D eigenvalue weighted by Crippen LogP contribution is 2.32. The van der Waals surface area contributed by atoms with Crippen LogP contribution in [0.1, 0.15) is 10.4 Å². The number of pyridine rings is 1. The minimum atomic E-state index is -0.280. The molecule has 1 amide bonds. The monoisotopic (exact) mass is 532 g/mol. The first-order valence-corrected chi connectivity index (χ1v) is 12.3. The fraction of sp³-hybridized carbons (Fsp3) is 0.0690.